The first-order valence-corrected chi connectivity index (χ1v) is 7.23. The number of benzene rings is 1. The highest BCUT2D eigenvalue weighted by Gasteiger charge is 2.01. The fourth-order valence-corrected chi connectivity index (χ4v) is 2.01. The molecule has 4 heteroatoms. The van der Waals surface area contributed by atoms with E-state index in [1.165, 1.54) is 11.5 Å². The Labute approximate surface area is 129 Å². The fraction of sp³-hybridized carbons (Fsp3) is 0.118. The van der Waals surface area contributed by atoms with Crippen molar-refractivity contribution in [1.82, 2.24) is 4.37 Å². The van der Waals surface area contributed by atoms with Crippen LogP contribution in [0.15, 0.2) is 73.2 Å². The zero-order chi connectivity index (χ0) is 15.1. The van der Waals surface area contributed by atoms with Gasteiger partial charge in [0, 0.05) is 12.3 Å². The Balaban J connectivity index is 1.94. The van der Waals surface area contributed by atoms with Crippen LogP contribution in [-0.2, 0) is 6.61 Å². The van der Waals surface area contributed by atoms with Gasteiger partial charge in [-0.25, -0.2) is 4.37 Å². The second kappa shape index (κ2) is 7.45. The summed E-state index contributed by atoms with van der Waals surface area (Å²) in [6, 6.07) is 9.41. The maximum absolute atomic E-state index is 5.70. The van der Waals surface area contributed by atoms with E-state index < -0.39 is 0 Å². The molecule has 0 unspecified atom stereocenters. The Kier molecular flexibility index (Phi) is 5.35. The topological polar surface area (TPSA) is 31.4 Å². The van der Waals surface area contributed by atoms with Crippen LogP contribution < -0.4 is 9.47 Å². The molecule has 0 bridgehead atoms. The van der Waals surface area contributed by atoms with E-state index in [0.29, 0.717) is 18.1 Å². The molecule has 21 heavy (non-hydrogen) atoms. The molecule has 0 atom stereocenters. The highest BCUT2D eigenvalue weighted by molar-refractivity contribution is 7.05. The normalized spacial score (nSPS) is 10.5. The van der Waals surface area contributed by atoms with Gasteiger partial charge in [0.05, 0.1) is 4.88 Å². The number of hydrogen-bond acceptors (Lipinski definition) is 4. The van der Waals surface area contributed by atoms with E-state index in [1.54, 1.807) is 12.3 Å². The molecular weight excluding hydrogens is 282 g/mol. The van der Waals surface area contributed by atoms with Crippen molar-refractivity contribution in [3.8, 4) is 11.5 Å². The number of nitrogens with zero attached hydrogens (tertiary/aromatic N) is 1. The zero-order valence-electron chi connectivity index (χ0n) is 11.9. The van der Waals surface area contributed by atoms with Gasteiger partial charge in [-0.2, -0.15) is 0 Å². The summed E-state index contributed by atoms with van der Waals surface area (Å²) in [5.74, 6) is 1.99. The molecule has 1 aromatic heterocycles. The van der Waals surface area contributed by atoms with E-state index >= 15 is 0 Å². The van der Waals surface area contributed by atoms with Gasteiger partial charge in [0.2, 0.25) is 0 Å². The lowest BCUT2D eigenvalue weighted by atomic mass is 10.3. The van der Waals surface area contributed by atoms with Gasteiger partial charge in [-0.05, 0) is 42.7 Å². The minimum atomic E-state index is 0.505. The van der Waals surface area contributed by atoms with Gasteiger partial charge in [0.1, 0.15) is 23.9 Å². The summed E-state index contributed by atoms with van der Waals surface area (Å²) in [5.41, 5.74) is 0.946. The van der Waals surface area contributed by atoms with E-state index in [2.05, 4.69) is 17.5 Å². The summed E-state index contributed by atoms with van der Waals surface area (Å²) in [6.07, 6.45) is 5.40. The fourth-order valence-electron chi connectivity index (χ4n) is 1.52. The van der Waals surface area contributed by atoms with Gasteiger partial charge in [-0.3, -0.25) is 0 Å². The van der Waals surface area contributed by atoms with Crippen molar-refractivity contribution in [1.29, 1.82) is 0 Å². The molecule has 2 aromatic rings. The molecule has 0 saturated heterocycles. The minimum Gasteiger partial charge on any atom is -0.488 e. The van der Waals surface area contributed by atoms with Crippen molar-refractivity contribution in [3.63, 3.8) is 0 Å². The van der Waals surface area contributed by atoms with Crippen molar-refractivity contribution < 1.29 is 9.47 Å². The number of ether oxygens (including phenoxy) is 2. The molecule has 3 nitrogen and oxygen atoms in total. The number of aromatic nitrogens is 1. The molecule has 0 aliphatic carbocycles. The van der Waals surface area contributed by atoms with Crippen molar-refractivity contribution in [2.75, 3.05) is 0 Å². The Bertz CT molecular complexity index is 645. The molecule has 1 heterocycles. The van der Waals surface area contributed by atoms with E-state index in [4.69, 9.17) is 9.47 Å². The molecule has 0 spiro atoms. The lowest BCUT2D eigenvalue weighted by Gasteiger charge is -2.08. The van der Waals surface area contributed by atoms with Crippen molar-refractivity contribution in [3.05, 3.63) is 78.0 Å². The molecule has 0 amide bonds. The third-order valence-corrected chi connectivity index (χ3v) is 3.20. The van der Waals surface area contributed by atoms with E-state index in [-0.39, 0.29) is 0 Å². The Morgan fingerprint density at radius 1 is 1.24 bits per heavy atom. The Hall–Kier alpha value is -2.33. The Morgan fingerprint density at radius 2 is 2.05 bits per heavy atom. The zero-order valence-corrected chi connectivity index (χ0v) is 12.7. The van der Waals surface area contributed by atoms with E-state index in [1.807, 2.05) is 43.3 Å². The summed E-state index contributed by atoms with van der Waals surface area (Å²) in [5, 5.41) is 0. The van der Waals surface area contributed by atoms with Gasteiger partial charge < -0.3 is 9.47 Å². The summed E-state index contributed by atoms with van der Waals surface area (Å²) >= 11 is 1.43. The maximum Gasteiger partial charge on any atom is 0.131 e. The number of rotatable bonds is 7. The van der Waals surface area contributed by atoms with Crippen LogP contribution in [0.5, 0.6) is 11.5 Å². The predicted molar refractivity (Wildman–Crippen MR) is 86.6 cm³/mol. The first-order chi connectivity index (χ1) is 10.1. The van der Waals surface area contributed by atoms with Crippen molar-refractivity contribution >= 4 is 11.5 Å². The van der Waals surface area contributed by atoms with E-state index in [9.17, 15) is 0 Å². The van der Waals surface area contributed by atoms with E-state index in [0.717, 1.165) is 16.2 Å². The molecule has 108 valence electrons. The number of allylic oxidation sites excluding steroid dienone is 3. The highest BCUT2D eigenvalue weighted by atomic mass is 32.1. The van der Waals surface area contributed by atoms with Crippen LogP contribution in [0.4, 0.5) is 0 Å². The standard InChI is InChI=1S/C17H17NO2S/c1-13(2)7-8-14(3)20-16-6-4-5-15(11-16)19-12-17-9-10-18-21-17/h4-11H,1,3,12H2,2H3/b8-7-. The highest BCUT2D eigenvalue weighted by Crippen LogP contribution is 2.22. The second-order valence-corrected chi connectivity index (χ2v) is 5.41. The summed E-state index contributed by atoms with van der Waals surface area (Å²) in [4.78, 5) is 1.08. The molecular formula is C17H17NO2S. The first kappa shape index (κ1) is 15.1. The molecule has 2 rings (SSSR count). The molecule has 0 N–H and O–H groups in total. The van der Waals surface area contributed by atoms with Crippen LogP contribution in [0.1, 0.15) is 11.8 Å². The lowest BCUT2D eigenvalue weighted by molar-refractivity contribution is 0.308. The third-order valence-electron chi connectivity index (χ3n) is 2.48. The quantitative estimate of drug-likeness (QED) is 0.546. The van der Waals surface area contributed by atoms with Gasteiger partial charge >= 0.3 is 0 Å². The van der Waals surface area contributed by atoms with Gasteiger partial charge in [-0.1, -0.05) is 30.9 Å². The molecule has 0 saturated carbocycles. The third kappa shape index (κ3) is 5.28. The molecule has 0 radical (unpaired) electrons. The minimum absolute atomic E-state index is 0.505. The monoisotopic (exact) mass is 299 g/mol. The molecule has 1 aromatic carbocycles. The smallest absolute Gasteiger partial charge is 0.131 e. The number of hydrogen-bond donors (Lipinski definition) is 0. The van der Waals surface area contributed by atoms with Gasteiger partial charge in [0.15, 0.2) is 0 Å². The van der Waals surface area contributed by atoms with Crippen LogP contribution >= 0.6 is 11.5 Å². The van der Waals surface area contributed by atoms with Gasteiger partial charge in [0.25, 0.3) is 0 Å². The van der Waals surface area contributed by atoms with Crippen LogP contribution in [0.25, 0.3) is 0 Å². The molecule has 0 aliphatic heterocycles. The van der Waals surface area contributed by atoms with Gasteiger partial charge in [-0.15, -0.1) is 0 Å². The van der Waals surface area contributed by atoms with Crippen LogP contribution in [0.3, 0.4) is 0 Å². The average Bonchev–Trinajstić information content (AvgIpc) is 2.97. The second-order valence-electron chi connectivity index (χ2n) is 4.49. The van der Waals surface area contributed by atoms with Crippen LogP contribution in [0.2, 0.25) is 0 Å². The Morgan fingerprint density at radius 3 is 2.76 bits per heavy atom. The van der Waals surface area contributed by atoms with Crippen LogP contribution in [-0.4, -0.2) is 4.37 Å². The van der Waals surface area contributed by atoms with Crippen LogP contribution in [0, 0.1) is 0 Å². The SMILES string of the molecule is C=C(C)/C=C\C(=C)Oc1cccc(OCc2ccns2)c1. The lowest BCUT2D eigenvalue weighted by Crippen LogP contribution is -1.94. The average molecular weight is 299 g/mol. The largest absolute Gasteiger partial charge is 0.488 e. The summed E-state index contributed by atoms with van der Waals surface area (Å²) < 4.78 is 15.4. The molecule has 0 aliphatic rings. The maximum atomic E-state index is 5.70. The molecule has 0 fully saturated rings. The first-order valence-electron chi connectivity index (χ1n) is 6.46. The summed E-state index contributed by atoms with van der Waals surface area (Å²) in [7, 11) is 0. The van der Waals surface area contributed by atoms with Crippen molar-refractivity contribution in [2.45, 2.75) is 13.5 Å². The summed E-state index contributed by atoms with van der Waals surface area (Å²) in [6.45, 7) is 10.0. The van der Waals surface area contributed by atoms with Crippen molar-refractivity contribution in [2.24, 2.45) is 0 Å². The predicted octanol–water partition coefficient (Wildman–Crippen LogP) is 4.75.